The van der Waals surface area contributed by atoms with Crippen molar-refractivity contribution in [3.8, 4) is 5.88 Å². The molecule has 0 spiro atoms. The Labute approximate surface area is 141 Å². The Bertz CT molecular complexity index is 792. The number of rotatable bonds is 3. The average molecular weight is 379 g/mol. The van der Waals surface area contributed by atoms with E-state index >= 15 is 0 Å². The van der Waals surface area contributed by atoms with Gasteiger partial charge in [0, 0.05) is 32.3 Å². The molecule has 23 heavy (non-hydrogen) atoms. The first-order valence-electron chi connectivity index (χ1n) is 7.15. The van der Waals surface area contributed by atoms with Crippen LogP contribution in [-0.2, 0) is 7.05 Å². The Morgan fingerprint density at radius 2 is 2.22 bits per heavy atom. The Balaban J connectivity index is 1.67. The van der Waals surface area contributed by atoms with Crippen molar-refractivity contribution in [1.82, 2.24) is 19.7 Å². The molecule has 1 amide bonds. The van der Waals surface area contributed by atoms with Crippen LogP contribution in [0.1, 0.15) is 16.9 Å². The number of hydrogen-bond acceptors (Lipinski definition) is 5. The molecular weight excluding hydrogens is 364 g/mol. The second kappa shape index (κ2) is 6.49. The number of pyridine rings is 1. The first-order chi connectivity index (χ1) is 11.0. The van der Waals surface area contributed by atoms with E-state index in [1.54, 1.807) is 11.1 Å². The summed E-state index contributed by atoms with van der Waals surface area (Å²) in [6.07, 6.45) is 2.27. The van der Waals surface area contributed by atoms with E-state index in [0.29, 0.717) is 19.0 Å². The summed E-state index contributed by atoms with van der Waals surface area (Å²) in [6.45, 7) is 1.05. The largest absolute Gasteiger partial charge is 0.472 e. The zero-order valence-corrected chi connectivity index (χ0v) is 14.1. The maximum Gasteiger partial charge on any atom is 0.274 e. The fourth-order valence-corrected chi connectivity index (χ4v) is 2.75. The fourth-order valence-electron chi connectivity index (χ4n) is 2.40. The van der Waals surface area contributed by atoms with Gasteiger partial charge in [-0.25, -0.2) is 9.67 Å². The summed E-state index contributed by atoms with van der Waals surface area (Å²) in [7, 11) is 1.52. The number of carbonyl (C=O) groups excluding carboxylic acids is 1. The van der Waals surface area contributed by atoms with Crippen LogP contribution in [0, 0.1) is 0 Å². The van der Waals surface area contributed by atoms with Crippen LogP contribution in [0.3, 0.4) is 0 Å². The van der Waals surface area contributed by atoms with Gasteiger partial charge in [0.2, 0.25) is 5.88 Å². The number of aromatic nitrogens is 3. The molecule has 1 fully saturated rings. The first kappa shape index (κ1) is 15.7. The Morgan fingerprint density at radius 1 is 1.39 bits per heavy atom. The number of aryl methyl sites for hydroxylation is 1. The summed E-state index contributed by atoms with van der Waals surface area (Å²) < 4.78 is 7.77. The summed E-state index contributed by atoms with van der Waals surface area (Å²) in [6, 6.07) is 6.46. The van der Waals surface area contributed by atoms with E-state index in [4.69, 9.17) is 4.74 Å². The van der Waals surface area contributed by atoms with Crippen LogP contribution in [-0.4, -0.2) is 44.8 Å². The number of halogens is 1. The Kier molecular flexibility index (Phi) is 4.42. The normalized spacial score (nSPS) is 17.3. The highest BCUT2D eigenvalue weighted by Crippen LogP contribution is 2.24. The molecular formula is C15H15BrN4O3. The van der Waals surface area contributed by atoms with E-state index in [9.17, 15) is 9.59 Å². The molecule has 7 nitrogen and oxygen atoms in total. The number of likely N-dealkylation sites (tertiary alicyclic amines) is 1. The minimum Gasteiger partial charge on any atom is -0.472 e. The van der Waals surface area contributed by atoms with Gasteiger partial charge in [-0.2, -0.15) is 5.10 Å². The average Bonchev–Trinajstić information content (AvgIpc) is 3.00. The van der Waals surface area contributed by atoms with E-state index in [2.05, 4.69) is 26.0 Å². The lowest BCUT2D eigenvalue weighted by Gasteiger charge is -2.17. The predicted octanol–water partition coefficient (Wildman–Crippen LogP) is 1.23. The van der Waals surface area contributed by atoms with Crippen molar-refractivity contribution in [3.05, 3.63) is 51.0 Å². The predicted molar refractivity (Wildman–Crippen MR) is 86.4 cm³/mol. The number of ether oxygens (including phenoxy) is 1. The number of carbonyl (C=O) groups is 1. The maximum absolute atomic E-state index is 12.4. The van der Waals surface area contributed by atoms with Gasteiger partial charge in [-0.05, 0) is 34.1 Å². The molecule has 2 aromatic rings. The van der Waals surface area contributed by atoms with Crippen molar-refractivity contribution in [2.24, 2.45) is 7.05 Å². The number of nitrogens with zero attached hydrogens (tertiary/aromatic N) is 4. The van der Waals surface area contributed by atoms with Gasteiger partial charge < -0.3 is 9.64 Å². The van der Waals surface area contributed by atoms with E-state index in [1.807, 2.05) is 12.1 Å². The van der Waals surface area contributed by atoms with E-state index in [-0.39, 0.29) is 23.3 Å². The molecule has 3 rings (SSSR count). The smallest absolute Gasteiger partial charge is 0.274 e. The summed E-state index contributed by atoms with van der Waals surface area (Å²) in [5, 5.41) is 3.99. The van der Waals surface area contributed by atoms with Gasteiger partial charge in [-0.1, -0.05) is 0 Å². The molecule has 3 heterocycles. The fraction of sp³-hybridized carbons (Fsp3) is 0.333. The molecule has 8 heteroatoms. The molecule has 2 aromatic heterocycles. The summed E-state index contributed by atoms with van der Waals surface area (Å²) >= 11 is 3.39. The van der Waals surface area contributed by atoms with Crippen LogP contribution in [0.4, 0.5) is 0 Å². The maximum atomic E-state index is 12.4. The number of hydrogen-bond donors (Lipinski definition) is 0. The molecule has 0 radical (unpaired) electrons. The van der Waals surface area contributed by atoms with Gasteiger partial charge >= 0.3 is 0 Å². The van der Waals surface area contributed by atoms with Crippen LogP contribution in [0.5, 0.6) is 5.88 Å². The zero-order chi connectivity index (χ0) is 16.4. The van der Waals surface area contributed by atoms with E-state index in [1.165, 1.54) is 19.2 Å². The van der Waals surface area contributed by atoms with Gasteiger partial charge in [-0.15, -0.1) is 0 Å². The Hall–Kier alpha value is -2.22. The van der Waals surface area contributed by atoms with Crippen LogP contribution in [0.2, 0.25) is 0 Å². The van der Waals surface area contributed by atoms with Crippen molar-refractivity contribution in [1.29, 1.82) is 0 Å². The third kappa shape index (κ3) is 3.42. The zero-order valence-electron chi connectivity index (χ0n) is 12.5. The van der Waals surface area contributed by atoms with Gasteiger partial charge in [0.05, 0.1) is 11.0 Å². The lowest BCUT2D eigenvalue weighted by molar-refractivity contribution is 0.0762. The van der Waals surface area contributed by atoms with E-state index < -0.39 is 0 Å². The van der Waals surface area contributed by atoms with Gasteiger partial charge in [0.1, 0.15) is 11.8 Å². The number of amides is 1. The first-order valence-corrected chi connectivity index (χ1v) is 7.94. The minimum absolute atomic E-state index is 0.113. The third-order valence-electron chi connectivity index (χ3n) is 3.61. The van der Waals surface area contributed by atoms with Crippen LogP contribution in [0.25, 0.3) is 0 Å². The quantitative estimate of drug-likeness (QED) is 0.802. The van der Waals surface area contributed by atoms with Crippen LogP contribution >= 0.6 is 15.9 Å². The lowest BCUT2D eigenvalue weighted by Crippen LogP contribution is -2.33. The molecule has 120 valence electrons. The highest BCUT2D eigenvalue weighted by molar-refractivity contribution is 9.10. The molecule has 0 aliphatic carbocycles. The Morgan fingerprint density at radius 3 is 2.96 bits per heavy atom. The second-order valence-corrected chi connectivity index (χ2v) is 6.10. The highest BCUT2D eigenvalue weighted by atomic mass is 79.9. The van der Waals surface area contributed by atoms with Crippen LogP contribution < -0.4 is 10.3 Å². The molecule has 0 aromatic carbocycles. The SMILES string of the molecule is Cn1nc(C(=O)N2CCC(Oc3ncccc3Br)C2)ccc1=O. The minimum atomic E-state index is -0.246. The van der Waals surface area contributed by atoms with E-state index in [0.717, 1.165) is 15.6 Å². The summed E-state index contributed by atoms with van der Waals surface area (Å²) in [5.74, 6) is 0.318. The molecule has 0 saturated carbocycles. The van der Waals surface area contributed by atoms with Gasteiger partial charge in [0.25, 0.3) is 11.5 Å². The molecule has 1 aliphatic heterocycles. The molecule has 1 atom stereocenters. The standard InChI is InChI=1S/C15H15BrN4O3/c1-19-13(21)5-4-12(18-19)15(22)20-8-6-10(9-20)23-14-11(16)3-2-7-17-14/h2-5,7,10H,6,8-9H2,1H3. The molecule has 1 aliphatic rings. The second-order valence-electron chi connectivity index (χ2n) is 5.25. The molecule has 0 bridgehead atoms. The summed E-state index contributed by atoms with van der Waals surface area (Å²) in [4.78, 5) is 29.6. The lowest BCUT2D eigenvalue weighted by atomic mass is 10.3. The van der Waals surface area contributed by atoms with Gasteiger partial charge in [-0.3, -0.25) is 9.59 Å². The van der Waals surface area contributed by atoms with Crippen molar-refractivity contribution in [2.45, 2.75) is 12.5 Å². The highest BCUT2D eigenvalue weighted by Gasteiger charge is 2.29. The van der Waals surface area contributed by atoms with Crippen LogP contribution in [0.15, 0.2) is 39.7 Å². The van der Waals surface area contributed by atoms with Crippen molar-refractivity contribution in [2.75, 3.05) is 13.1 Å². The topological polar surface area (TPSA) is 77.3 Å². The summed E-state index contributed by atoms with van der Waals surface area (Å²) in [5.41, 5.74) is 0.0101. The molecule has 0 N–H and O–H groups in total. The molecule has 1 unspecified atom stereocenters. The van der Waals surface area contributed by atoms with Crippen molar-refractivity contribution < 1.29 is 9.53 Å². The monoisotopic (exact) mass is 378 g/mol. The van der Waals surface area contributed by atoms with Crippen molar-refractivity contribution >= 4 is 21.8 Å². The third-order valence-corrected chi connectivity index (χ3v) is 4.22. The van der Waals surface area contributed by atoms with Gasteiger partial charge in [0.15, 0.2) is 0 Å². The van der Waals surface area contributed by atoms with Crippen molar-refractivity contribution in [3.63, 3.8) is 0 Å². The molecule has 1 saturated heterocycles.